The number of nitrogens with zero attached hydrogens (tertiary/aromatic N) is 4. The molecule has 0 amide bonds. The van der Waals surface area contributed by atoms with Crippen LogP contribution in [0.3, 0.4) is 0 Å². The first kappa shape index (κ1) is 14.5. The molecule has 4 nitrogen and oxygen atoms in total. The molecule has 1 aromatic rings. The Kier molecular flexibility index (Phi) is 4.99. The lowest BCUT2D eigenvalue weighted by molar-refractivity contribution is 0.172. The average Bonchev–Trinajstić information content (AvgIpc) is 2.86. The van der Waals surface area contributed by atoms with Crippen LogP contribution in [0, 0.1) is 0 Å². The Morgan fingerprint density at radius 3 is 2.53 bits per heavy atom. The Labute approximate surface area is 117 Å². The highest BCUT2D eigenvalue weighted by Crippen LogP contribution is 2.23. The lowest BCUT2D eigenvalue weighted by Crippen LogP contribution is -2.38. The van der Waals surface area contributed by atoms with E-state index in [1.165, 1.54) is 38.2 Å². The van der Waals surface area contributed by atoms with E-state index in [0.717, 1.165) is 6.54 Å². The van der Waals surface area contributed by atoms with Crippen molar-refractivity contribution in [1.82, 2.24) is 19.4 Å². The van der Waals surface area contributed by atoms with Gasteiger partial charge in [-0.15, -0.1) is 0 Å². The van der Waals surface area contributed by atoms with Crippen LogP contribution in [0.2, 0.25) is 0 Å². The number of likely N-dealkylation sites (N-methyl/N-ethyl adjacent to an activating group) is 1. The minimum atomic E-state index is 0.529. The molecule has 0 aliphatic carbocycles. The van der Waals surface area contributed by atoms with Gasteiger partial charge in [0.25, 0.3) is 0 Å². The monoisotopic (exact) mass is 264 g/mol. The molecule has 1 saturated heterocycles. The fourth-order valence-corrected chi connectivity index (χ4v) is 2.63. The fourth-order valence-electron chi connectivity index (χ4n) is 2.63. The largest absolute Gasteiger partial charge is 0.334 e. The van der Waals surface area contributed by atoms with Gasteiger partial charge in [0.15, 0.2) is 0 Å². The van der Waals surface area contributed by atoms with Gasteiger partial charge in [-0.1, -0.05) is 13.8 Å². The Hall–Kier alpha value is -0.870. The van der Waals surface area contributed by atoms with Gasteiger partial charge in [-0.2, -0.15) is 0 Å². The second-order valence-corrected chi connectivity index (χ2v) is 6.28. The summed E-state index contributed by atoms with van der Waals surface area (Å²) in [6, 6.07) is 0.649. The third kappa shape index (κ3) is 4.05. The first-order chi connectivity index (χ1) is 9.06. The summed E-state index contributed by atoms with van der Waals surface area (Å²) in [6.07, 6.45) is 6.77. The lowest BCUT2D eigenvalue weighted by atomic mass is 10.0. The van der Waals surface area contributed by atoms with Crippen molar-refractivity contribution in [2.75, 3.05) is 40.3 Å². The Morgan fingerprint density at radius 1 is 1.32 bits per heavy atom. The summed E-state index contributed by atoms with van der Waals surface area (Å²) in [5, 5.41) is 0. The van der Waals surface area contributed by atoms with Gasteiger partial charge in [-0.3, -0.25) is 0 Å². The van der Waals surface area contributed by atoms with Crippen molar-refractivity contribution in [2.24, 2.45) is 0 Å². The molecule has 1 aromatic heterocycles. The van der Waals surface area contributed by atoms with Crippen molar-refractivity contribution in [3.8, 4) is 0 Å². The molecular formula is C15H28N4. The average molecular weight is 264 g/mol. The van der Waals surface area contributed by atoms with Crippen molar-refractivity contribution < 1.29 is 0 Å². The molecule has 0 spiro atoms. The van der Waals surface area contributed by atoms with E-state index in [2.05, 4.69) is 53.5 Å². The molecule has 1 aliphatic heterocycles. The Morgan fingerprint density at radius 2 is 2.00 bits per heavy atom. The molecule has 0 unspecified atom stereocenters. The zero-order valence-corrected chi connectivity index (χ0v) is 12.8. The number of piperidine rings is 1. The highest BCUT2D eigenvalue weighted by molar-refractivity contribution is 5.03. The zero-order valence-electron chi connectivity index (χ0n) is 12.8. The van der Waals surface area contributed by atoms with Gasteiger partial charge in [-0.05, 0) is 32.9 Å². The van der Waals surface area contributed by atoms with E-state index in [-0.39, 0.29) is 0 Å². The van der Waals surface area contributed by atoms with Crippen LogP contribution in [-0.4, -0.2) is 59.6 Å². The summed E-state index contributed by atoms with van der Waals surface area (Å²) in [5.74, 6) is 0.529. The molecule has 0 atom stereocenters. The van der Waals surface area contributed by atoms with Gasteiger partial charge in [0.2, 0.25) is 0 Å². The van der Waals surface area contributed by atoms with Crippen molar-refractivity contribution in [2.45, 2.75) is 38.6 Å². The minimum Gasteiger partial charge on any atom is -0.334 e. The van der Waals surface area contributed by atoms with Gasteiger partial charge < -0.3 is 14.4 Å². The summed E-state index contributed by atoms with van der Waals surface area (Å²) in [5.41, 5.74) is 1.22. The van der Waals surface area contributed by atoms with Gasteiger partial charge in [0.05, 0.1) is 12.0 Å². The van der Waals surface area contributed by atoms with Gasteiger partial charge in [0, 0.05) is 38.4 Å². The first-order valence-corrected chi connectivity index (χ1v) is 7.46. The van der Waals surface area contributed by atoms with Crippen LogP contribution in [0.5, 0.6) is 0 Å². The minimum absolute atomic E-state index is 0.529. The molecule has 0 N–H and O–H groups in total. The van der Waals surface area contributed by atoms with Crippen molar-refractivity contribution >= 4 is 0 Å². The third-order valence-corrected chi connectivity index (χ3v) is 4.06. The highest BCUT2D eigenvalue weighted by atomic mass is 15.2. The molecule has 0 radical (unpaired) electrons. The molecule has 1 fully saturated rings. The van der Waals surface area contributed by atoms with Crippen LogP contribution < -0.4 is 0 Å². The second kappa shape index (κ2) is 6.53. The van der Waals surface area contributed by atoms with Crippen molar-refractivity contribution in [1.29, 1.82) is 0 Å². The fraction of sp³-hybridized carbons (Fsp3) is 0.800. The lowest BCUT2D eigenvalue weighted by Gasteiger charge is -2.33. The normalized spacial score (nSPS) is 18.6. The summed E-state index contributed by atoms with van der Waals surface area (Å²) in [6.45, 7) is 9.20. The Balaban J connectivity index is 1.82. The molecule has 2 rings (SSSR count). The maximum atomic E-state index is 4.51. The number of hydrogen-bond donors (Lipinski definition) is 0. The maximum absolute atomic E-state index is 4.51. The van der Waals surface area contributed by atoms with E-state index in [4.69, 9.17) is 0 Å². The number of aromatic nitrogens is 2. The van der Waals surface area contributed by atoms with E-state index in [9.17, 15) is 0 Å². The Bertz CT molecular complexity index is 375. The smallest absolute Gasteiger partial charge is 0.0952 e. The predicted octanol–water partition coefficient (Wildman–Crippen LogP) is 2.21. The van der Waals surface area contributed by atoms with Crippen LogP contribution in [-0.2, 0) is 0 Å². The summed E-state index contributed by atoms with van der Waals surface area (Å²) in [4.78, 5) is 9.35. The number of rotatable bonds is 5. The first-order valence-electron chi connectivity index (χ1n) is 7.46. The van der Waals surface area contributed by atoms with Gasteiger partial charge >= 0.3 is 0 Å². The van der Waals surface area contributed by atoms with E-state index in [1.807, 2.05) is 6.33 Å². The van der Waals surface area contributed by atoms with E-state index in [0.29, 0.717) is 12.0 Å². The quantitative estimate of drug-likeness (QED) is 0.815. The highest BCUT2D eigenvalue weighted by Gasteiger charge is 2.20. The number of imidazole rings is 1. The van der Waals surface area contributed by atoms with E-state index >= 15 is 0 Å². The topological polar surface area (TPSA) is 24.3 Å². The van der Waals surface area contributed by atoms with Gasteiger partial charge in [-0.25, -0.2) is 4.98 Å². The van der Waals surface area contributed by atoms with Crippen LogP contribution >= 0.6 is 0 Å². The summed E-state index contributed by atoms with van der Waals surface area (Å²) >= 11 is 0. The number of hydrogen-bond acceptors (Lipinski definition) is 3. The van der Waals surface area contributed by atoms with Crippen molar-refractivity contribution in [3.05, 3.63) is 18.2 Å². The SMILES string of the molecule is CC(C)c1cn(C2CCN(CCN(C)C)CC2)cn1. The van der Waals surface area contributed by atoms with E-state index in [1.54, 1.807) is 0 Å². The molecule has 0 saturated carbocycles. The molecule has 108 valence electrons. The second-order valence-electron chi connectivity index (χ2n) is 6.28. The van der Waals surface area contributed by atoms with Crippen LogP contribution in [0.15, 0.2) is 12.5 Å². The number of likely N-dealkylation sites (tertiary alicyclic amines) is 1. The molecule has 19 heavy (non-hydrogen) atoms. The van der Waals surface area contributed by atoms with Crippen LogP contribution in [0.1, 0.15) is 44.3 Å². The summed E-state index contributed by atoms with van der Waals surface area (Å²) in [7, 11) is 4.29. The standard InChI is InChI=1S/C15H28N4/c1-13(2)15-11-19(12-16-15)14-5-7-18(8-6-14)10-9-17(3)4/h11-14H,5-10H2,1-4H3. The zero-order chi connectivity index (χ0) is 13.8. The molecule has 1 aliphatic rings. The van der Waals surface area contributed by atoms with Crippen molar-refractivity contribution in [3.63, 3.8) is 0 Å². The third-order valence-electron chi connectivity index (χ3n) is 4.06. The van der Waals surface area contributed by atoms with Gasteiger partial charge in [0.1, 0.15) is 0 Å². The van der Waals surface area contributed by atoms with E-state index < -0.39 is 0 Å². The van der Waals surface area contributed by atoms with Crippen LogP contribution in [0.4, 0.5) is 0 Å². The molecule has 0 aromatic carbocycles. The molecule has 0 bridgehead atoms. The maximum Gasteiger partial charge on any atom is 0.0952 e. The molecule has 2 heterocycles. The molecule has 4 heteroatoms. The predicted molar refractivity (Wildman–Crippen MR) is 79.6 cm³/mol. The molecular weight excluding hydrogens is 236 g/mol. The summed E-state index contributed by atoms with van der Waals surface area (Å²) < 4.78 is 2.33. The van der Waals surface area contributed by atoms with Crippen LogP contribution in [0.25, 0.3) is 0 Å².